The minimum absolute atomic E-state index is 0.413. The van der Waals surface area contributed by atoms with E-state index in [0.717, 1.165) is 21.8 Å². The van der Waals surface area contributed by atoms with Crippen molar-refractivity contribution in [2.75, 3.05) is 5.32 Å². The minimum atomic E-state index is 0.413. The second-order valence-electron chi connectivity index (χ2n) is 4.13. The van der Waals surface area contributed by atoms with Gasteiger partial charge >= 0.3 is 0 Å². The van der Waals surface area contributed by atoms with Gasteiger partial charge in [-0.3, -0.25) is 0 Å². The molecule has 0 unspecified atom stereocenters. The van der Waals surface area contributed by atoms with Gasteiger partial charge in [0.1, 0.15) is 10.00 Å². The molecule has 1 aromatic heterocycles. The van der Waals surface area contributed by atoms with Gasteiger partial charge in [0, 0.05) is 22.3 Å². The van der Waals surface area contributed by atoms with Crippen molar-refractivity contribution in [2.45, 2.75) is 20.4 Å². The number of nitrogens with one attached hydrogen (secondary N) is 1. The fraction of sp³-hybridized carbons (Fsp3) is 0.231. The average Bonchev–Trinajstić information content (AvgIpc) is 2.73. The molecule has 94 valence electrons. The van der Waals surface area contributed by atoms with E-state index in [-0.39, 0.29) is 0 Å². The lowest BCUT2D eigenvalue weighted by atomic mass is 10.1. The highest BCUT2D eigenvalue weighted by molar-refractivity contribution is 7.80. The van der Waals surface area contributed by atoms with E-state index < -0.39 is 0 Å². The van der Waals surface area contributed by atoms with Crippen LogP contribution in [0.1, 0.15) is 21.0 Å². The van der Waals surface area contributed by atoms with Crippen molar-refractivity contribution in [1.82, 2.24) is 4.98 Å². The number of thiocarbonyl (C=S) groups is 1. The van der Waals surface area contributed by atoms with Crippen molar-refractivity contribution >= 4 is 34.2 Å². The Bertz CT molecular complexity index is 575. The Morgan fingerprint density at radius 3 is 2.83 bits per heavy atom. The molecule has 0 atom stereocenters. The largest absolute Gasteiger partial charge is 0.389 e. The second kappa shape index (κ2) is 5.46. The Morgan fingerprint density at radius 2 is 2.22 bits per heavy atom. The number of nitrogens with zero attached hydrogens (tertiary/aromatic N) is 1. The Hall–Kier alpha value is -1.46. The lowest BCUT2D eigenvalue weighted by Gasteiger charge is -2.10. The number of aryl methyl sites for hydroxylation is 2. The third kappa shape index (κ3) is 3.05. The van der Waals surface area contributed by atoms with Gasteiger partial charge in [-0.2, -0.15) is 0 Å². The second-order valence-corrected chi connectivity index (χ2v) is 5.89. The van der Waals surface area contributed by atoms with Crippen LogP contribution in [-0.2, 0) is 6.54 Å². The van der Waals surface area contributed by atoms with Gasteiger partial charge in [-0.25, -0.2) is 4.98 Å². The topological polar surface area (TPSA) is 50.9 Å². The van der Waals surface area contributed by atoms with Gasteiger partial charge < -0.3 is 11.1 Å². The summed E-state index contributed by atoms with van der Waals surface area (Å²) in [5.74, 6) is 0. The third-order valence-corrected chi connectivity index (χ3v) is 3.67. The molecule has 0 aliphatic carbocycles. The molecule has 18 heavy (non-hydrogen) atoms. The van der Waals surface area contributed by atoms with Crippen LogP contribution in [-0.4, -0.2) is 9.97 Å². The molecular formula is C13H15N3S2. The molecule has 0 fully saturated rings. The predicted octanol–water partition coefficient (Wildman–Crippen LogP) is 3.01. The van der Waals surface area contributed by atoms with Gasteiger partial charge in [0.25, 0.3) is 0 Å². The number of rotatable bonds is 4. The summed E-state index contributed by atoms with van der Waals surface area (Å²) in [6.45, 7) is 4.76. The van der Waals surface area contributed by atoms with Crippen LogP contribution in [0, 0.1) is 13.8 Å². The van der Waals surface area contributed by atoms with E-state index in [4.69, 9.17) is 18.0 Å². The Morgan fingerprint density at radius 1 is 1.44 bits per heavy atom. The Labute approximate surface area is 116 Å². The van der Waals surface area contributed by atoms with E-state index in [0.29, 0.717) is 11.5 Å². The van der Waals surface area contributed by atoms with Crippen molar-refractivity contribution in [3.05, 3.63) is 45.4 Å². The molecule has 0 radical (unpaired) electrons. The van der Waals surface area contributed by atoms with Gasteiger partial charge in [0.05, 0.1) is 6.54 Å². The standard InChI is InChI=1S/C13H15N3S2/c1-8-3-4-11(10(5-8)13(14)17)15-7-12-16-6-9(2)18-12/h3-6,15H,7H2,1-2H3,(H2,14,17). The van der Waals surface area contributed by atoms with Crippen molar-refractivity contribution < 1.29 is 0 Å². The minimum Gasteiger partial charge on any atom is -0.389 e. The van der Waals surface area contributed by atoms with Gasteiger partial charge in [0.2, 0.25) is 0 Å². The summed E-state index contributed by atoms with van der Waals surface area (Å²) in [5, 5.41) is 4.39. The highest BCUT2D eigenvalue weighted by Gasteiger charge is 2.06. The molecule has 1 aromatic carbocycles. The average molecular weight is 277 g/mol. The van der Waals surface area contributed by atoms with Crippen LogP contribution in [0.2, 0.25) is 0 Å². The molecule has 0 saturated heterocycles. The molecule has 5 heteroatoms. The maximum Gasteiger partial charge on any atom is 0.112 e. The van der Waals surface area contributed by atoms with Crippen LogP contribution >= 0.6 is 23.6 Å². The van der Waals surface area contributed by atoms with E-state index in [1.807, 2.05) is 38.2 Å². The highest BCUT2D eigenvalue weighted by Crippen LogP contribution is 2.19. The third-order valence-electron chi connectivity index (χ3n) is 2.54. The van der Waals surface area contributed by atoms with Crippen LogP contribution in [0.4, 0.5) is 5.69 Å². The maximum absolute atomic E-state index is 5.73. The Balaban J connectivity index is 2.16. The number of benzene rings is 1. The number of thiazole rings is 1. The van der Waals surface area contributed by atoms with Crippen molar-refractivity contribution in [3.63, 3.8) is 0 Å². The number of anilines is 1. The van der Waals surface area contributed by atoms with Crippen LogP contribution in [0.25, 0.3) is 0 Å². The molecule has 0 saturated carbocycles. The summed E-state index contributed by atoms with van der Waals surface area (Å²) < 4.78 is 0. The first kappa shape index (κ1) is 13.0. The van der Waals surface area contributed by atoms with E-state index in [1.165, 1.54) is 4.88 Å². The smallest absolute Gasteiger partial charge is 0.112 e. The lowest BCUT2D eigenvalue weighted by molar-refractivity contribution is 1.10. The first-order valence-electron chi connectivity index (χ1n) is 5.62. The molecule has 3 N–H and O–H groups in total. The first-order valence-corrected chi connectivity index (χ1v) is 6.84. The molecule has 3 nitrogen and oxygen atoms in total. The zero-order valence-corrected chi connectivity index (χ0v) is 12.0. The number of nitrogens with two attached hydrogens (primary N) is 1. The molecule has 0 spiro atoms. The molecular weight excluding hydrogens is 262 g/mol. The van der Waals surface area contributed by atoms with Gasteiger partial charge in [0.15, 0.2) is 0 Å². The van der Waals surface area contributed by atoms with Crippen LogP contribution in [0.15, 0.2) is 24.4 Å². The molecule has 0 aliphatic rings. The summed E-state index contributed by atoms with van der Waals surface area (Å²) in [6.07, 6.45) is 1.88. The van der Waals surface area contributed by atoms with Crippen molar-refractivity contribution in [1.29, 1.82) is 0 Å². The molecule has 2 rings (SSSR count). The van der Waals surface area contributed by atoms with Gasteiger partial charge in [-0.05, 0) is 26.0 Å². The van der Waals surface area contributed by atoms with E-state index in [2.05, 4.69) is 10.3 Å². The molecule has 0 amide bonds. The van der Waals surface area contributed by atoms with Gasteiger partial charge in [-0.1, -0.05) is 23.8 Å². The molecule has 0 bridgehead atoms. The van der Waals surface area contributed by atoms with Crippen LogP contribution < -0.4 is 11.1 Å². The summed E-state index contributed by atoms with van der Waals surface area (Å²) in [6, 6.07) is 6.04. The van der Waals surface area contributed by atoms with Gasteiger partial charge in [-0.15, -0.1) is 11.3 Å². The van der Waals surface area contributed by atoms with Crippen LogP contribution in [0.5, 0.6) is 0 Å². The first-order chi connectivity index (χ1) is 8.56. The van der Waals surface area contributed by atoms with E-state index >= 15 is 0 Å². The zero-order chi connectivity index (χ0) is 13.1. The number of hydrogen-bond donors (Lipinski definition) is 2. The maximum atomic E-state index is 5.73. The SMILES string of the molecule is Cc1ccc(NCc2ncc(C)s2)c(C(N)=S)c1. The highest BCUT2D eigenvalue weighted by atomic mass is 32.1. The zero-order valence-electron chi connectivity index (χ0n) is 10.4. The predicted molar refractivity (Wildman–Crippen MR) is 81.2 cm³/mol. The fourth-order valence-electron chi connectivity index (χ4n) is 1.67. The Kier molecular flexibility index (Phi) is 3.93. The molecule has 2 aromatic rings. The lowest BCUT2D eigenvalue weighted by Crippen LogP contribution is -2.13. The summed E-state index contributed by atoms with van der Waals surface area (Å²) in [7, 11) is 0. The summed E-state index contributed by atoms with van der Waals surface area (Å²) >= 11 is 6.76. The van der Waals surface area contributed by atoms with E-state index in [9.17, 15) is 0 Å². The van der Waals surface area contributed by atoms with Crippen molar-refractivity contribution in [2.24, 2.45) is 5.73 Å². The monoisotopic (exact) mass is 277 g/mol. The van der Waals surface area contributed by atoms with Crippen molar-refractivity contribution in [3.8, 4) is 0 Å². The van der Waals surface area contributed by atoms with E-state index in [1.54, 1.807) is 11.3 Å². The summed E-state index contributed by atoms with van der Waals surface area (Å²) in [4.78, 5) is 5.94. The normalized spacial score (nSPS) is 10.3. The number of hydrogen-bond acceptors (Lipinski definition) is 4. The molecule has 0 aliphatic heterocycles. The fourth-order valence-corrected chi connectivity index (χ4v) is 2.57. The summed E-state index contributed by atoms with van der Waals surface area (Å²) in [5.41, 5.74) is 8.73. The molecule has 1 heterocycles. The quantitative estimate of drug-likeness (QED) is 0.844. The number of aromatic nitrogens is 1. The van der Waals surface area contributed by atoms with Crippen LogP contribution in [0.3, 0.4) is 0 Å².